The average Bonchev–Trinajstić information content (AvgIpc) is 2.19. The Balaban J connectivity index is 2.59. The van der Waals surface area contributed by atoms with Gasteiger partial charge in [0, 0.05) is 11.6 Å². The number of hydrogen-bond acceptors (Lipinski definition) is 1. The van der Waals surface area contributed by atoms with E-state index in [2.05, 4.69) is 4.98 Å². The first kappa shape index (κ1) is 11.0. The summed E-state index contributed by atoms with van der Waals surface area (Å²) in [5.41, 5.74) is 0.118. The van der Waals surface area contributed by atoms with Crippen molar-refractivity contribution in [1.82, 2.24) is 4.98 Å². The van der Waals surface area contributed by atoms with E-state index < -0.39 is 17.5 Å². The molecule has 0 aliphatic carbocycles. The first-order valence-corrected chi connectivity index (χ1v) is 4.72. The molecule has 0 aliphatic rings. The Labute approximate surface area is 94.5 Å². The van der Waals surface area contributed by atoms with Crippen molar-refractivity contribution < 1.29 is 13.2 Å². The normalized spacial score (nSPS) is 10.5. The number of hydrogen-bond donors (Lipinski definition) is 0. The van der Waals surface area contributed by atoms with Gasteiger partial charge in [0.05, 0.1) is 11.2 Å². The molecular formula is C11H5ClF3N. The molecule has 0 aliphatic heterocycles. The SMILES string of the molecule is Fc1cnc(-c2ccc(F)cc2Cl)c(F)c1. The summed E-state index contributed by atoms with van der Waals surface area (Å²) in [7, 11) is 0. The summed E-state index contributed by atoms with van der Waals surface area (Å²) in [6, 6.07) is 4.16. The maximum Gasteiger partial charge on any atom is 0.152 e. The molecule has 0 N–H and O–H groups in total. The van der Waals surface area contributed by atoms with Crippen molar-refractivity contribution in [1.29, 1.82) is 0 Å². The number of pyridine rings is 1. The van der Waals surface area contributed by atoms with Crippen LogP contribution in [0, 0.1) is 17.5 Å². The van der Waals surface area contributed by atoms with Crippen LogP contribution in [0.4, 0.5) is 13.2 Å². The van der Waals surface area contributed by atoms with E-state index >= 15 is 0 Å². The summed E-state index contributed by atoms with van der Waals surface area (Å²) in [4.78, 5) is 3.58. The molecule has 0 spiro atoms. The van der Waals surface area contributed by atoms with E-state index in [1.54, 1.807) is 0 Å². The third-order valence-electron chi connectivity index (χ3n) is 1.99. The van der Waals surface area contributed by atoms with Crippen molar-refractivity contribution in [2.75, 3.05) is 0 Å². The molecule has 82 valence electrons. The maximum absolute atomic E-state index is 13.4. The van der Waals surface area contributed by atoms with Gasteiger partial charge in [-0.1, -0.05) is 11.6 Å². The van der Waals surface area contributed by atoms with Gasteiger partial charge in [0.25, 0.3) is 0 Å². The lowest BCUT2D eigenvalue weighted by molar-refractivity contribution is 0.576. The third kappa shape index (κ3) is 2.02. The highest BCUT2D eigenvalue weighted by atomic mass is 35.5. The molecule has 2 aromatic rings. The van der Waals surface area contributed by atoms with E-state index in [1.165, 1.54) is 6.07 Å². The van der Waals surface area contributed by atoms with Crippen LogP contribution in [0.1, 0.15) is 0 Å². The van der Waals surface area contributed by atoms with E-state index in [0.29, 0.717) is 6.07 Å². The van der Waals surface area contributed by atoms with Gasteiger partial charge >= 0.3 is 0 Å². The predicted octanol–water partition coefficient (Wildman–Crippen LogP) is 3.82. The van der Waals surface area contributed by atoms with Crippen LogP contribution in [-0.4, -0.2) is 4.98 Å². The number of benzene rings is 1. The summed E-state index contributed by atoms with van der Waals surface area (Å²) < 4.78 is 38.8. The standard InChI is InChI=1S/C11H5ClF3N/c12-9-3-6(13)1-2-8(9)11-10(15)4-7(14)5-16-11/h1-5H. The lowest BCUT2D eigenvalue weighted by Crippen LogP contribution is -1.92. The molecule has 0 radical (unpaired) electrons. The Hall–Kier alpha value is -1.55. The Morgan fingerprint density at radius 3 is 2.38 bits per heavy atom. The summed E-state index contributed by atoms with van der Waals surface area (Å²) in [6.07, 6.45) is 0.873. The van der Waals surface area contributed by atoms with Gasteiger partial charge in [0.2, 0.25) is 0 Å². The van der Waals surface area contributed by atoms with Crippen molar-refractivity contribution in [2.24, 2.45) is 0 Å². The Kier molecular flexibility index (Phi) is 2.83. The zero-order chi connectivity index (χ0) is 11.7. The number of halogens is 4. The van der Waals surface area contributed by atoms with Crippen LogP contribution in [0.5, 0.6) is 0 Å². The monoisotopic (exact) mass is 243 g/mol. The molecule has 0 unspecified atom stereocenters. The Morgan fingerprint density at radius 1 is 1.00 bits per heavy atom. The second-order valence-electron chi connectivity index (χ2n) is 3.11. The second kappa shape index (κ2) is 4.14. The Bertz CT molecular complexity index is 493. The molecular weight excluding hydrogens is 239 g/mol. The van der Waals surface area contributed by atoms with E-state index in [1.807, 2.05) is 0 Å². The highest BCUT2D eigenvalue weighted by Gasteiger charge is 2.11. The first-order chi connectivity index (χ1) is 7.58. The largest absolute Gasteiger partial charge is 0.250 e. The Morgan fingerprint density at radius 2 is 1.75 bits per heavy atom. The fraction of sp³-hybridized carbons (Fsp3) is 0. The molecule has 0 saturated carbocycles. The van der Waals surface area contributed by atoms with Crippen molar-refractivity contribution in [3.8, 4) is 11.3 Å². The van der Waals surface area contributed by atoms with Gasteiger partial charge in [-0.25, -0.2) is 13.2 Å². The van der Waals surface area contributed by atoms with Crippen LogP contribution in [-0.2, 0) is 0 Å². The molecule has 1 aromatic carbocycles. The van der Waals surface area contributed by atoms with Gasteiger partial charge in [-0.05, 0) is 18.2 Å². The summed E-state index contributed by atoms with van der Waals surface area (Å²) in [5, 5.41) is 0.0259. The lowest BCUT2D eigenvalue weighted by atomic mass is 10.1. The zero-order valence-corrected chi connectivity index (χ0v) is 8.60. The van der Waals surface area contributed by atoms with Crippen LogP contribution in [0.3, 0.4) is 0 Å². The minimum atomic E-state index is -0.839. The van der Waals surface area contributed by atoms with Gasteiger partial charge in [-0.2, -0.15) is 0 Å². The topological polar surface area (TPSA) is 12.9 Å². The fourth-order valence-corrected chi connectivity index (χ4v) is 1.55. The molecule has 0 amide bonds. The summed E-state index contributed by atoms with van der Waals surface area (Å²) in [6.45, 7) is 0. The first-order valence-electron chi connectivity index (χ1n) is 4.34. The third-order valence-corrected chi connectivity index (χ3v) is 2.31. The van der Waals surface area contributed by atoms with Crippen LogP contribution in [0.15, 0.2) is 30.5 Å². The van der Waals surface area contributed by atoms with Crippen molar-refractivity contribution in [3.63, 3.8) is 0 Å². The van der Waals surface area contributed by atoms with Gasteiger partial charge in [-0.15, -0.1) is 0 Å². The van der Waals surface area contributed by atoms with Crippen LogP contribution in [0.25, 0.3) is 11.3 Å². The molecule has 0 saturated heterocycles. The molecule has 0 bridgehead atoms. The molecule has 0 atom stereocenters. The zero-order valence-electron chi connectivity index (χ0n) is 7.85. The van der Waals surface area contributed by atoms with Crippen molar-refractivity contribution in [2.45, 2.75) is 0 Å². The number of rotatable bonds is 1. The smallest absolute Gasteiger partial charge is 0.152 e. The predicted molar refractivity (Wildman–Crippen MR) is 54.6 cm³/mol. The number of aromatic nitrogens is 1. The molecule has 0 fully saturated rings. The fourth-order valence-electron chi connectivity index (χ4n) is 1.29. The van der Waals surface area contributed by atoms with Gasteiger partial charge in [0.1, 0.15) is 17.3 Å². The van der Waals surface area contributed by atoms with Crippen LogP contribution >= 0.6 is 11.6 Å². The molecule has 1 nitrogen and oxygen atoms in total. The van der Waals surface area contributed by atoms with E-state index in [-0.39, 0.29) is 16.3 Å². The summed E-state index contributed by atoms with van der Waals surface area (Å²) in [5.74, 6) is -2.15. The van der Waals surface area contributed by atoms with Gasteiger partial charge < -0.3 is 0 Å². The van der Waals surface area contributed by atoms with Crippen molar-refractivity contribution in [3.05, 3.63) is 52.9 Å². The molecule has 1 aromatic heterocycles. The highest BCUT2D eigenvalue weighted by Crippen LogP contribution is 2.28. The van der Waals surface area contributed by atoms with Gasteiger partial charge in [-0.3, -0.25) is 4.98 Å². The lowest BCUT2D eigenvalue weighted by Gasteiger charge is -2.04. The maximum atomic E-state index is 13.4. The van der Waals surface area contributed by atoms with E-state index in [9.17, 15) is 13.2 Å². The second-order valence-corrected chi connectivity index (χ2v) is 3.52. The number of nitrogens with zero attached hydrogens (tertiary/aromatic N) is 1. The molecule has 16 heavy (non-hydrogen) atoms. The molecule has 1 heterocycles. The van der Waals surface area contributed by atoms with E-state index in [0.717, 1.165) is 18.3 Å². The van der Waals surface area contributed by atoms with Crippen LogP contribution < -0.4 is 0 Å². The van der Waals surface area contributed by atoms with Gasteiger partial charge in [0.15, 0.2) is 5.82 Å². The van der Waals surface area contributed by atoms with E-state index in [4.69, 9.17) is 11.6 Å². The van der Waals surface area contributed by atoms with Crippen molar-refractivity contribution >= 4 is 11.6 Å². The highest BCUT2D eigenvalue weighted by molar-refractivity contribution is 6.33. The minimum Gasteiger partial charge on any atom is -0.250 e. The average molecular weight is 244 g/mol. The quantitative estimate of drug-likeness (QED) is 0.742. The molecule has 5 heteroatoms. The minimum absolute atomic E-state index is 0.0259. The molecule has 2 rings (SSSR count). The van der Waals surface area contributed by atoms with Crippen LogP contribution in [0.2, 0.25) is 5.02 Å². The summed E-state index contributed by atoms with van der Waals surface area (Å²) >= 11 is 5.74.